The van der Waals surface area contributed by atoms with Crippen LogP contribution < -0.4 is 0 Å². The Kier molecular flexibility index (Phi) is 28.6. The summed E-state index contributed by atoms with van der Waals surface area (Å²) < 4.78 is 0. The molecular weight excluding hydrogens is 500 g/mol. The molecule has 0 amide bonds. The minimum absolute atomic E-state index is 0.199. The van der Waals surface area contributed by atoms with Crippen molar-refractivity contribution in [1.29, 1.82) is 0 Å². The van der Waals surface area contributed by atoms with Gasteiger partial charge in [0.1, 0.15) is 12.2 Å². The molecule has 0 aromatic carbocycles. The van der Waals surface area contributed by atoms with Crippen molar-refractivity contribution in [2.45, 2.75) is 206 Å². The van der Waals surface area contributed by atoms with Gasteiger partial charge in [0.25, 0.3) is 5.78 Å². The van der Waals surface area contributed by atoms with Gasteiger partial charge in [-0.05, 0) is 12.8 Å². The van der Waals surface area contributed by atoms with Gasteiger partial charge in [0.15, 0.2) is 0 Å². The third-order valence-electron chi connectivity index (χ3n) is 8.22. The second kappa shape index (κ2) is 29.4. The molecule has 0 heterocycles. The first-order valence-electron chi connectivity index (χ1n) is 17.4. The average Bonchev–Trinajstić information content (AvgIpc) is 2.96. The minimum atomic E-state index is -1.44. The summed E-state index contributed by atoms with van der Waals surface area (Å²) in [5.74, 6) is -3.37. The standard InChI is InChI=1S/C35H66O5/c1-3-5-7-9-11-13-15-17-19-21-23-25-27-29-31(36)33(38)35(40)34(39)32(37)30-28-26-24-22-20-18-16-14-12-10-8-6-4-2/h31-32,36-37H,3-30H2,1-2H3. The zero-order valence-corrected chi connectivity index (χ0v) is 26.6. The van der Waals surface area contributed by atoms with Crippen LogP contribution in [-0.4, -0.2) is 39.8 Å². The molecule has 0 saturated heterocycles. The second-order valence-electron chi connectivity index (χ2n) is 12.2. The lowest BCUT2D eigenvalue weighted by Crippen LogP contribution is -2.39. The summed E-state index contributed by atoms with van der Waals surface area (Å²) in [7, 11) is 0. The zero-order valence-electron chi connectivity index (χ0n) is 26.6. The van der Waals surface area contributed by atoms with Crippen LogP contribution in [0.2, 0.25) is 0 Å². The molecule has 2 atom stereocenters. The van der Waals surface area contributed by atoms with Crippen LogP contribution in [-0.2, 0) is 14.4 Å². The highest BCUT2D eigenvalue weighted by molar-refractivity contribution is 6.65. The highest BCUT2D eigenvalue weighted by Gasteiger charge is 2.32. The van der Waals surface area contributed by atoms with Crippen molar-refractivity contribution in [2.24, 2.45) is 0 Å². The van der Waals surface area contributed by atoms with Gasteiger partial charge in [-0.3, -0.25) is 14.4 Å². The van der Waals surface area contributed by atoms with E-state index in [-0.39, 0.29) is 12.8 Å². The summed E-state index contributed by atoms with van der Waals surface area (Å²) >= 11 is 0. The molecule has 0 bridgehead atoms. The monoisotopic (exact) mass is 566 g/mol. The van der Waals surface area contributed by atoms with Gasteiger partial charge in [0.05, 0.1) is 0 Å². The van der Waals surface area contributed by atoms with Crippen LogP contribution in [0.3, 0.4) is 0 Å². The Morgan fingerprint density at radius 2 is 0.575 bits per heavy atom. The molecule has 2 unspecified atom stereocenters. The Morgan fingerprint density at radius 3 is 0.800 bits per heavy atom. The predicted molar refractivity (Wildman–Crippen MR) is 168 cm³/mol. The summed E-state index contributed by atoms with van der Waals surface area (Å²) in [6, 6.07) is 0. The third-order valence-corrected chi connectivity index (χ3v) is 8.22. The number of carbonyl (C=O) groups is 3. The summed E-state index contributed by atoms with van der Waals surface area (Å²) in [5, 5.41) is 20.2. The van der Waals surface area contributed by atoms with E-state index in [0.29, 0.717) is 12.8 Å². The number of ketones is 3. The SMILES string of the molecule is CCCCCCCCCCCCCCCC(O)C(=O)C(=O)C(=O)C(O)CCCCCCCCCCCCCCC. The number of Topliss-reactive ketones (excluding diaryl/α,β-unsaturated/α-hetero) is 3. The molecule has 0 aliphatic carbocycles. The fraction of sp³-hybridized carbons (Fsp3) is 0.914. The van der Waals surface area contributed by atoms with Gasteiger partial charge in [0, 0.05) is 0 Å². The van der Waals surface area contributed by atoms with Crippen molar-refractivity contribution in [3.05, 3.63) is 0 Å². The molecule has 236 valence electrons. The maximum atomic E-state index is 12.2. The van der Waals surface area contributed by atoms with Crippen LogP contribution >= 0.6 is 0 Å². The molecule has 0 aliphatic rings. The first kappa shape index (κ1) is 38.9. The van der Waals surface area contributed by atoms with E-state index in [4.69, 9.17) is 0 Å². The van der Waals surface area contributed by atoms with Crippen molar-refractivity contribution >= 4 is 17.3 Å². The zero-order chi connectivity index (χ0) is 29.7. The van der Waals surface area contributed by atoms with E-state index in [0.717, 1.165) is 38.5 Å². The molecule has 0 aromatic heterocycles. The normalized spacial score (nSPS) is 12.9. The fourth-order valence-electron chi connectivity index (χ4n) is 5.40. The number of aliphatic hydroxyl groups excluding tert-OH is 2. The van der Waals surface area contributed by atoms with Gasteiger partial charge in [-0.15, -0.1) is 0 Å². The number of carbonyl (C=O) groups excluding carboxylic acids is 3. The third kappa shape index (κ3) is 23.6. The molecule has 5 heteroatoms. The Bertz CT molecular complexity index is 553. The Hall–Kier alpha value is -1.07. The van der Waals surface area contributed by atoms with Crippen molar-refractivity contribution in [2.75, 3.05) is 0 Å². The largest absolute Gasteiger partial charge is 0.385 e. The van der Waals surface area contributed by atoms with Gasteiger partial charge in [-0.25, -0.2) is 0 Å². The van der Waals surface area contributed by atoms with Gasteiger partial charge < -0.3 is 10.2 Å². The number of rotatable bonds is 32. The molecule has 0 spiro atoms. The molecule has 0 rings (SSSR count). The molecule has 0 aromatic rings. The minimum Gasteiger partial charge on any atom is -0.385 e. The lowest BCUT2D eigenvalue weighted by Gasteiger charge is -2.11. The van der Waals surface area contributed by atoms with Gasteiger partial charge in [-0.1, -0.05) is 181 Å². The van der Waals surface area contributed by atoms with Crippen LogP contribution in [0.4, 0.5) is 0 Å². The van der Waals surface area contributed by atoms with Crippen LogP contribution in [0, 0.1) is 0 Å². The Labute approximate surface area is 247 Å². The summed E-state index contributed by atoms with van der Waals surface area (Å²) in [6.45, 7) is 4.49. The van der Waals surface area contributed by atoms with Crippen LogP contribution in [0.25, 0.3) is 0 Å². The quantitative estimate of drug-likeness (QED) is 0.0481. The van der Waals surface area contributed by atoms with Gasteiger partial charge >= 0.3 is 0 Å². The van der Waals surface area contributed by atoms with Crippen LogP contribution in [0.5, 0.6) is 0 Å². The predicted octanol–water partition coefficient (Wildman–Crippen LogP) is 9.38. The molecule has 0 saturated carbocycles. The van der Waals surface area contributed by atoms with Gasteiger partial charge in [-0.2, -0.15) is 0 Å². The number of hydrogen-bond donors (Lipinski definition) is 2. The molecule has 40 heavy (non-hydrogen) atoms. The first-order valence-corrected chi connectivity index (χ1v) is 17.4. The smallest absolute Gasteiger partial charge is 0.269 e. The van der Waals surface area contributed by atoms with E-state index >= 15 is 0 Å². The van der Waals surface area contributed by atoms with E-state index in [9.17, 15) is 24.6 Å². The Balaban J connectivity index is 3.71. The van der Waals surface area contributed by atoms with Crippen molar-refractivity contribution in [3.63, 3.8) is 0 Å². The van der Waals surface area contributed by atoms with E-state index in [1.165, 1.54) is 116 Å². The topological polar surface area (TPSA) is 91.7 Å². The highest BCUT2D eigenvalue weighted by Crippen LogP contribution is 2.15. The van der Waals surface area contributed by atoms with Gasteiger partial charge in [0.2, 0.25) is 11.6 Å². The lowest BCUT2D eigenvalue weighted by atomic mass is 9.97. The van der Waals surface area contributed by atoms with Crippen molar-refractivity contribution in [1.82, 2.24) is 0 Å². The summed E-state index contributed by atoms with van der Waals surface area (Å²) in [5.41, 5.74) is 0. The van der Waals surface area contributed by atoms with E-state index in [1.807, 2.05) is 0 Å². The number of aliphatic hydroxyl groups is 2. The maximum absolute atomic E-state index is 12.2. The molecular formula is C35H66O5. The fourth-order valence-corrected chi connectivity index (χ4v) is 5.40. The van der Waals surface area contributed by atoms with Crippen molar-refractivity contribution in [3.8, 4) is 0 Å². The van der Waals surface area contributed by atoms with Crippen LogP contribution in [0.15, 0.2) is 0 Å². The average molecular weight is 567 g/mol. The highest BCUT2D eigenvalue weighted by atomic mass is 16.3. The van der Waals surface area contributed by atoms with E-state index in [2.05, 4.69) is 13.8 Å². The summed E-state index contributed by atoms with van der Waals surface area (Å²) in [6.07, 6.45) is 28.8. The maximum Gasteiger partial charge on any atom is 0.269 e. The lowest BCUT2D eigenvalue weighted by molar-refractivity contribution is -0.150. The first-order chi connectivity index (χ1) is 19.5. The molecule has 2 N–H and O–H groups in total. The second-order valence-corrected chi connectivity index (χ2v) is 12.2. The number of unbranched alkanes of at least 4 members (excludes halogenated alkanes) is 24. The molecule has 0 aliphatic heterocycles. The molecule has 5 nitrogen and oxygen atoms in total. The van der Waals surface area contributed by atoms with E-state index in [1.54, 1.807) is 0 Å². The molecule has 0 fully saturated rings. The van der Waals surface area contributed by atoms with Crippen LogP contribution in [0.1, 0.15) is 194 Å². The van der Waals surface area contributed by atoms with E-state index < -0.39 is 29.6 Å². The Morgan fingerprint density at radius 1 is 0.375 bits per heavy atom. The summed E-state index contributed by atoms with van der Waals surface area (Å²) in [4.78, 5) is 36.6. The number of hydrogen-bond acceptors (Lipinski definition) is 5. The van der Waals surface area contributed by atoms with Crippen molar-refractivity contribution < 1.29 is 24.6 Å². The molecule has 0 radical (unpaired) electrons.